The van der Waals surface area contributed by atoms with Crippen LogP contribution in [0.15, 0.2) is 18.3 Å². The van der Waals surface area contributed by atoms with E-state index >= 15 is 0 Å². The van der Waals surface area contributed by atoms with Crippen LogP contribution in [0.1, 0.15) is 50.8 Å². The van der Waals surface area contributed by atoms with Crippen LogP contribution in [0.3, 0.4) is 0 Å². The third-order valence-electron chi connectivity index (χ3n) is 3.54. The van der Waals surface area contributed by atoms with Crippen molar-refractivity contribution >= 4 is 6.03 Å². The molecule has 118 valence electrons. The van der Waals surface area contributed by atoms with Gasteiger partial charge < -0.3 is 15.7 Å². The highest BCUT2D eigenvalue weighted by atomic mass is 16.3. The summed E-state index contributed by atoms with van der Waals surface area (Å²) in [4.78, 5) is 16.0. The molecule has 3 N–H and O–H groups in total. The van der Waals surface area contributed by atoms with E-state index in [1.165, 1.54) is 0 Å². The van der Waals surface area contributed by atoms with Crippen molar-refractivity contribution in [1.82, 2.24) is 15.6 Å². The Bertz CT molecular complexity index is 443. The average Bonchev–Trinajstić information content (AvgIpc) is 2.45. The highest BCUT2D eigenvalue weighted by molar-refractivity contribution is 5.73. The lowest BCUT2D eigenvalue weighted by Crippen LogP contribution is -2.46. The van der Waals surface area contributed by atoms with Gasteiger partial charge in [0.15, 0.2) is 0 Å². The molecule has 0 saturated carbocycles. The number of aryl methyl sites for hydroxylation is 1. The van der Waals surface area contributed by atoms with E-state index in [0.29, 0.717) is 19.4 Å². The molecule has 5 heteroatoms. The van der Waals surface area contributed by atoms with Crippen LogP contribution in [0.2, 0.25) is 0 Å². The highest BCUT2D eigenvalue weighted by Gasteiger charge is 2.25. The number of amides is 2. The van der Waals surface area contributed by atoms with Crippen LogP contribution in [0.5, 0.6) is 0 Å². The largest absolute Gasteiger partial charge is 0.388 e. The molecular weight excluding hydrogens is 266 g/mol. The summed E-state index contributed by atoms with van der Waals surface area (Å²) >= 11 is 0. The van der Waals surface area contributed by atoms with Crippen molar-refractivity contribution in [2.75, 3.05) is 6.54 Å². The molecule has 0 fully saturated rings. The lowest BCUT2D eigenvalue weighted by Gasteiger charge is -2.27. The minimum atomic E-state index is -0.804. The van der Waals surface area contributed by atoms with Gasteiger partial charge in [0.1, 0.15) is 0 Å². The van der Waals surface area contributed by atoms with Gasteiger partial charge in [-0.2, -0.15) is 0 Å². The monoisotopic (exact) mass is 293 g/mol. The topological polar surface area (TPSA) is 74.2 Å². The first-order valence-corrected chi connectivity index (χ1v) is 7.65. The number of nitrogens with one attached hydrogen (secondary N) is 2. The molecule has 5 nitrogen and oxygen atoms in total. The van der Waals surface area contributed by atoms with Crippen molar-refractivity contribution in [3.63, 3.8) is 0 Å². The van der Waals surface area contributed by atoms with Gasteiger partial charge in [0.2, 0.25) is 0 Å². The average molecular weight is 293 g/mol. The number of pyridine rings is 1. The Morgan fingerprint density at radius 3 is 2.52 bits per heavy atom. The van der Waals surface area contributed by atoms with Crippen LogP contribution < -0.4 is 10.6 Å². The number of rotatable bonds is 8. The maximum Gasteiger partial charge on any atom is 0.315 e. The van der Waals surface area contributed by atoms with Crippen LogP contribution in [0.25, 0.3) is 0 Å². The molecule has 0 atom stereocenters. The van der Waals surface area contributed by atoms with Gasteiger partial charge in [0.25, 0.3) is 0 Å². The van der Waals surface area contributed by atoms with Gasteiger partial charge in [-0.05, 0) is 31.4 Å². The third-order valence-corrected chi connectivity index (χ3v) is 3.54. The first-order valence-electron chi connectivity index (χ1n) is 7.65. The zero-order chi connectivity index (χ0) is 15.7. The summed E-state index contributed by atoms with van der Waals surface area (Å²) in [7, 11) is 0. The Labute approximate surface area is 127 Å². The lowest BCUT2D eigenvalue weighted by molar-refractivity contribution is 0.0241. The first kappa shape index (κ1) is 17.4. The van der Waals surface area contributed by atoms with Gasteiger partial charge in [-0.3, -0.25) is 4.98 Å². The maximum absolute atomic E-state index is 11.8. The van der Waals surface area contributed by atoms with Crippen molar-refractivity contribution in [2.24, 2.45) is 0 Å². The van der Waals surface area contributed by atoms with Crippen LogP contribution in [-0.4, -0.2) is 28.3 Å². The number of carbonyl (C=O) groups excluding carboxylic acids is 1. The van der Waals surface area contributed by atoms with Gasteiger partial charge >= 0.3 is 6.03 Å². The minimum absolute atomic E-state index is 0.273. The third kappa shape index (κ3) is 6.12. The number of hydrogen-bond acceptors (Lipinski definition) is 3. The fraction of sp³-hybridized carbons (Fsp3) is 0.625. The van der Waals surface area contributed by atoms with Crippen LogP contribution in [-0.2, 0) is 6.54 Å². The highest BCUT2D eigenvalue weighted by Crippen LogP contribution is 2.18. The molecule has 0 aliphatic heterocycles. The number of urea groups is 1. The van der Waals surface area contributed by atoms with E-state index in [0.717, 1.165) is 24.1 Å². The quantitative estimate of drug-likeness (QED) is 0.689. The molecule has 1 heterocycles. The molecular formula is C16H27N3O2. The van der Waals surface area contributed by atoms with Crippen molar-refractivity contribution in [1.29, 1.82) is 0 Å². The second kappa shape index (κ2) is 8.62. The fourth-order valence-electron chi connectivity index (χ4n) is 2.41. The predicted octanol–water partition coefficient (Wildman–Crippen LogP) is 2.52. The summed E-state index contributed by atoms with van der Waals surface area (Å²) in [6.45, 7) is 6.69. The Kier molecular flexibility index (Phi) is 7.15. The summed E-state index contributed by atoms with van der Waals surface area (Å²) in [5.41, 5.74) is 1.10. The van der Waals surface area contributed by atoms with E-state index in [4.69, 9.17) is 0 Å². The molecule has 21 heavy (non-hydrogen) atoms. The van der Waals surface area contributed by atoms with Crippen molar-refractivity contribution in [3.8, 4) is 0 Å². The summed E-state index contributed by atoms with van der Waals surface area (Å²) in [6, 6.07) is 3.56. The van der Waals surface area contributed by atoms with Crippen LogP contribution in [0, 0.1) is 6.92 Å². The van der Waals surface area contributed by atoms with E-state index in [1.807, 2.05) is 32.9 Å². The van der Waals surface area contributed by atoms with Crippen LogP contribution >= 0.6 is 0 Å². The fourth-order valence-corrected chi connectivity index (χ4v) is 2.41. The number of aliphatic hydroxyl groups is 1. The smallest absolute Gasteiger partial charge is 0.315 e. The molecule has 0 bridgehead atoms. The van der Waals surface area contributed by atoms with E-state index in [2.05, 4.69) is 15.6 Å². The Morgan fingerprint density at radius 2 is 1.95 bits per heavy atom. The zero-order valence-electron chi connectivity index (χ0n) is 13.3. The molecule has 0 aromatic carbocycles. The van der Waals surface area contributed by atoms with E-state index in [1.54, 1.807) is 6.20 Å². The molecule has 0 aliphatic rings. The van der Waals surface area contributed by atoms with Gasteiger partial charge in [-0.25, -0.2) is 4.79 Å². The van der Waals surface area contributed by atoms with E-state index in [9.17, 15) is 9.90 Å². The molecule has 2 amide bonds. The van der Waals surface area contributed by atoms with E-state index in [-0.39, 0.29) is 12.6 Å². The second-order valence-electron chi connectivity index (χ2n) is 5.53. The van der Waals surface area contributed by atoms with Crippen molar-refractivity contribution in [3.05, 3.63) is 29.6 Å². The van der Waals surface area contributed by atoms with Gasteiger partial charge in [-0.1, -0.05) is 32.8 Å². The molecule has 0 unspecified atom stereocenters. The number of aromatic nitrogens is 1. The normalized spacial score (nSPS) is 11.2. The SMILES string of the molecule is CCCC(O)(CCC)CNC(=O)NCc1ncccc1C. The Hall–Kier alpha value is -1.62. The predicted molar refractivity (Wildman–Crippen MR) is 84.0 cm³/mol. The van der Waals surface area contributed by atoms with Crippen molar-refractivity contribution < 1.29 is 9.90 Å². The second-order valence-corrected chi connectivity index (χ2v) is 5.53. The Balaban J connectivity index is 2.41. The first-order chi connectivity index (χ1) is 10.0. The Morgan fingerprint density at radius 1 is 1.29 bits per heavy atom. The van der Waals surface area contributed by atoms with Gasteiger partial charge in [-0.15, -0.1) is 0 Å². The lowest BCUT2D eigenvalue weighted by atomic mass is 9.93. The molecule has 1 rings (SSSR count). The number of nitrogens with zero attached hydrogens (tertiary/aromatic N) is 1. The standard InChI is InChI=1S/C16H27N3O2/c1-4-8-16(21,9-5-2)12-19-15(20)18-11-14-13(3)7-6-10-17-14/h6-7,10,21H,4-5,8-9,11-12H2,1-3H3,(H2,18,19,20). The molecule has 0 saturated heterocycles. The van der Waals surface area contributed by atoms with E-state index < -0.39 is 5.60 Å². The molecule has 1 aromatic rings. The molecule has 0 spiro atoms. The summed E-state index contributed by atoms with van der Waals surface area (Å²) in [5.74, 6) is 0. The van der Waals surface area contributed by atoms with Gasteiger partial charge in [0.05, 0.1) is 17.8 Å². The summed E-state index contributed by atoms with van der Waals surface area (Å²) in [5, 5.41) is 16.0. The van der Waals surface area contributed by atoms with Crippen LogP contribution in [0.4, 0.5) is 4.79 Å². The maximum atomic E-state index is 11.8. The number of hydrogen-bond donors (Lipinski definition) is 3. The molecule has 0 aliphatic carbocycles. The summed E-state index contributed by atoms with van der Waals surface area (Å²) in [6.07, 6.45) is 4.89. The minimum Gasteiger partial charge on any atom is -0.388 e. The molecule has 0 radical (unpaired) electrons. The molecule has 1 aromatic heterocycles. The zero-order valence-corrected chi connectivity index (χ0v) is 13.3. The van der Waals surface area contributed by atoms with Gasteiger partial charge in [0, 0.05) is 12.7 Å². The number of carbonyl (C=O) groups is 1. The van der Waals surface area contributed by atoms with Crippen molar-refractivity contribution in [2.45, 2.75) is 58.6 Å². The summed E-state index contributed by atoms with van der Waals surface area (Å²) < 4.78 is 0.